The molecule has 1 aromatic carbocycles. The molecule has 8 heteroatoms. The predicted molar refractivity (Wildman–Crippen MR) is 74.6 cm³/mol. The molecule has 2 rings (SSSR count). The smallest absolute Gasteiger partial charge is 0.338 e. The molecule has 0 unspecified atom stereocenters. The van der Waals surface area contributed by atoms with Crippen LogP contribution in [-0.4, -0.2) is 22.7 Å². The molecular formula is C14H14N2O6. The maximum Gasteiger partial charge on any atom is 0.338 e. The van der Waals surface area contributed by atoms with Gasteiger partial charge in [-0.25, -0.2) is 4.79 Å². The van der Waals surface area contributed by atoms with Gasteiger partial charge in [0.15, 0.2) is 5.75 Å². The minimum Gasteiger partial charge on any atom is -0.487 e. The molecule has 22 heavy (non-hydrogen) atoms. The van der Waals surface area contributed by atoms with Crippen LogP contribution in [0.2, 0.25) is 0 Å². The number of nitro benzene ring substituents is 1. The number of hydrogen-bond acceptors (Lipinski definition) is 7. The molecule has 0 saturated carbocycles. The first-order chi connectivity index (χ1) is 10.5. The van der Waals surface area contributed by atoms with Crippen LogP contribution in [0, 0.1) is 17.0 Å². The average molecular weight is 306 g/mol. The van der Waals surface area contributed by atoms with E-state index in [4.69, 9.17) is 14.0 Å². The van der Waals surface area contributed by atoms with Crippen LogP contribution >= 0.6 is 0 Å². The molecule has 8 nitrogen and oxygen atoms in total. The molecule has 0 aliphatic carbocycles. The average Bonchev–Trinajstić information content (AvgIpc) is 2.91. The molecule has 0 spiro atoms. The summed E-state index contributed by atoms with van der Waals surface area (Å²) in [6, 6.07) is 5.54. The lowest BCUT2D eigenvalue weighted by atomic mass is 10.2. The SMILES string of the molecule is CCOc1ccc(C(=O)OCc2cc(C)on2)cc1[N+](=O)[O-]. The number of aromatic nitrogens is 1. The maximum absolute atomic E-state index is 11.9. The van der Waals surface area contributed by atoms with E-state index < -0.39 is 10.9 Å². The van der Waals surface area contributed by atoms with Crippen molar-refractivity contribution in [2.24, 2.45) is 0 Å². The first-order valence-electron chi connectivity index (χ1n) is 6.51. The van der Waals surface area contributed by atoms with Gasteiger partial charge in [0.05, 0.1) is 17.1 Å². The fraction of sp³-hybridized carbons (Fsp3) is 0.286. The van der Waals surface area contributed by atoms with Gasteiger partial charge in [0.1, 0.15) is 18.1 Å². The Labute approximate surface area is 125 Å². The zero-order valence-electron chi connectivity index (χ0n) is 12.1. The normalized spacial score (nSPS) is 10.3. The van der Waals surface area contributed by atoms with Gasteiger partial charge in [-0.3, -0.25) is 10.1 Å². The fourth-order valence-electron chi connectivity index (χ4n) is 1.77. The molecule has 0 radical (unpaired) electrons. The predicted octanol–water partition coefficient (Wildman–Crippen LogP) is 2.65. The number of nitro groups is 1. The number of carbonyl (C=O) groups excluding carboxylic acids is 1. The van der Waals surface area contributed by atoms with E-state index in [1.807, 2.05) is 0 Å². The monoisotopic (exact) mass is 306 g/mol. The van der Waals surface area contributed by atoms with Gasteiger partial charge in [-0.05, 0) is 26.0 Å². The zero-order chi connectivity index (χ0) is 16.1. The highest BCUT2D eigenvalue weighted by atomic mass is 16.6. The van der Waals surface area contributed by atoms with Crippen molar-refractivity contribution in [3.05, 3.63) is 51.4 Å². The van der Waals surface area contributed by atoms with Crippen molar-refractivity contribution in [1.82, 2.24) is 5.16 Å². The molecular weight excluding hydrogens is 292 g/mol. The molecule has 1 heterocycles. The van der Waals surface area contributed by atoms with Crippen molar-refractivity contribution in [1.29, 1.82) is 0 Å². The van der Waals surface area contributed by atoms with E-state index in [1.165, 1.54) is 12.1 Å². The van der Waals surface area contributed by atoms with Crippen molar-refractivity contribution in [2.75, 3.05) is 6.61 Å². The molecule has 0 bridgehead atoms. The van der Waals surface area contributed by atoms with Crippen LogP contribution in [0.5, 0.6) is 5.75 Å². The van der Waals surface area contributed by atoms with E-state index in [0.29, 0.717) is 11.5 Å². The highest BCUT2D eigenvalue weighted by Crippen LogP contribution is 2.28. The van der Waals surface area contributed by atoms with Gasteiger partial charge in [0.2, 0.25) is 0 Å². The van der Waals surface area contributed by atoms with E-state index in [2.05, 4.69) is 5.16 Å². The maximum atomic E-state index is 11.9. The largest absolute Gasteiger partial charge is 0.487 e. The van der Waals surface area contributed by atoms with Crippen molar-refractivity contribution in [2.45, 2.75) is 20.5 Å². The third-order valence-electron chi connectivity index (χ3n) is 2.72. The van der Waals surface area contributed by atoms with Gasteiger partial charge >= 0.3 is 11.7 Å². The summed E-state index contributed by atoms with van der Waals surface area (Å²) in [7, 11) is 0. The Balaban J connectivity index is 2.12. The van der Waals surface area contributed by atoms with E-state index >= 15 is 0 Å². The van der Waals surface area contributed by atoms with Crippen LogP contribution in [0.3, 0.4) is 0 Å². The Bertz CT molecular complexity index is 694. The summed E-state index contributed by atoms with van der Waals surface area (Å²) < 4.78 is 15.0. The number of benzene rings is 1. The number of rotatable bonds is 6. The molecule has 0 aliphatic heterocycles. The van der Waals surface area contributed by atoms with Crippen molar-refractivity contribution >= 4 is 11.7 Å². The zero-order valence-corrected chi connectivity index (χ0v) is 12.1. The molecule has 0 saturated heterocycles. The molecule has 0 N–H and O–H groups in total. The first-order valence-corrected chi connectivity index (χ1v) is 6.51. The third-order valence-corrected chi connectivity index (χ3v) is 2.72. The quantitative estimate of drug-likeness (QED) is 0.459. The summed E-state index contributed by atoms with van der Waals surface area (Å²) in [4.78, 5) is 22.3. The number of hydrogen-bond donors (Lipinski definition) is 0. The molecule has 116 valence electrons. The lowest BCUT2D eigenvalue weighted by Crippen LogP contribution is -2.07. The van der Waals surface area contributed by atoms with Gasteiger partial charge < -0.3 is 14.0 Å². The summed E-state index contributed by atoms with van der Waals surface area (Å²) in [5.41, 5.74) is 0.246. The highest BCUT2D eigenvalue weighted by molar-refractivity contribution is 5.90. The number of nitrogens with zero attached hydrogens (tertiary/aromatic N) is 2. The standard InChI is InChI=1S/C14H14N2O6/c1-3-20-13-5-4-10(7-12(13)16(18)19)14(17)21-8-11-6-9(2)22-15-11/h4-7H,3,8H2,1-2H3. The number of carbonyl (C=O) groups is 1. The van der Waals surface area contributed by atoms with Crippen LogP contribution in [0.4, 0.5) is 5.69 Å². The Morgan fingerprint density at radius 1 is 1.41 bits per heavy atom. The molecule has 0 amide bonds. The van der Waals surface area contributed by atoms with Crippen LogP contribution in [-0.2, 0) is 11.3 Å². The molecule has 0 aliphatic rings. The van der Waals surface area contributed by atoms with Crippen molar-refractivity contribution in [3.63, 3.8) is 0 Å². The summed E-state index contributed by atoms with van der Waals surface area (Å²) in [6.45, 7) is 3.65. The van der Waals surface area contributed by atoms with Crippen LogP contribution in [0.1, 0.15) is 28.7 Å². The van der Waals surface area contributed by atoms with E-state index in [9.17, 15) is 14.9 Å². The second-order valence-electron chi connectivity index (χ2n) is 4.38. The third kappa shape index (κ3) is 3.60. The second kappa shape index (κ2) is 6.70. The molecule has 1 aromatic heterocycles. The summed E-state index contributed by atoms with van der Waals surface area (Å²) in [5, 5.41) is 14.7. The summed E-state index contributed by atoms with van der Waals surface area (Å²) in [6.07, 6.45) is 0. The van der Waals surface area contributed by atoms with Gasteiger partial charge in [0, 0.05) is 12.1 Å². The van der Waals surface area contributed by atoms with Gasteiger partial charge in [-0.2, -0.15) is 0 Å². The second-order valence-corrected chi connectivity index (χ2v) is 4.38. The van der Waals surface area contributed by atoms with E-state index in [1.54, 1.807) is 19.9 Å². The Morgan fingerprint density at radius 2 is 2.18 bits per heavy atom. The van der Waals surface area contributed by atoms with Crippen molar-refractivity contribution < 1.29 is 23.7 Å². The minimum atomic E-state index is -0.688. The number of ether oxygens (including phenoxy) is 2. The minimum absolute atomic E-state index is 0.0652. The van der Waals surface area contributed by atoms with Crippen LogP contribution in [0.15, 0.2) is 28.8 Å². The van der Waals surface area contributed by atoms with Gasteiger partial charge in [0.25, 0.3) is 0 Å². The number of aryl methyl sites for hydroxylation is 1. The lowest BCUT2D eigenvalue weighted by Gasteiger charge is -2.06. The Morgan fingerprint density at radius 3 is 2.77 bits per heavy atom. The van der Waals surface area contributed by atoms with Gasteiger partial charge in [-0.1, -0.05) is 5.16 Å². The fourth-order valence-corrected chi connectivity index (χ4v) is 1.77. The summed E-state index contributed by atoms with van der Waals surface area (Å²) in [5.74, 6) is 0.0192. The van der Waals surface area contributed by atoms with Crippen LogP contribution < -0.4 is 4.74 Å². The topological polar surface area (TPSA) is 105 Å². The lowest BCUT2D eigenvalue weighted by molar-refractivity contribution is -0.385. The Kier molecular flexibility index (Phi) is 4.72. The van der Waals surface area contributed by atoms with E-state index in [-0.39, 0.29) is 30.2 Å². The molecule has 2 aromatic rings. The summed E-state index contributed by atoms with van der Waals surface area (Å²) >= 11 is 0. The molecule has 0 fully saturated rings. The Hall–Kier alpha value is -2.90. The van der Waals surface area contributed by atoms with Gasteiger partial charge in [-0.15, -0.1) is 0 Å². The first kappa shape index (κ1) is 15.5. The van der Waals surface area contributed by atoms with Crippen LogP contribution in [0.25, 0.3) is 0 Å². The highest BCUT2D eigenvalue weighted by Gasteiger charge is 2.19. The van der Waals surface area contributed by atoms with Crippen molar-refractivity contribution in [3.8, 4) is 5.75 Å². The molecule has 0 atom stereocenters. The number of esters is 1. The van der Waals surface area contributed by atoms with E-state index in [0.717, 1.165) is 6.07 Å².